The van der Waals surface area contributed by atoms with Crippen LogP contribution in [0.3, 0.4) is 0 Å². The van der Waals surface area contributed by atoms with Crippen molar-refractivity contribution in [2.24, 2.45) is 0 Å². The second-order valence-corrected chi connectivity index (χ2v) is 8.06. The number of carbonyl (C=O) groups excluding carboxylic acids is 2. The van der Waals surface area contributed by atoms with Gasteiger partial charge < -0.3 is 10.2 Å². The summed E-state index contributed by atoms with van der Waals surface area (Å²) < 4.78 is 13.7. The standard InChI is InChI=1S/C22H25FN2O2S/c1-3-8-20(26)25-19(14-28-22(25)17-11-7-12-18(23)13-17)21(27)24-15(2)16-9-5-4-6-10-16/h4-7,9-13,15,19,22H,3,8,14H2,1-2H3,(H,24,27). The molecule has 1 N–H and O–H groups in total. The van der Waals surface area contributed by atoms with E-state index in [1.807, 2.05) is 44.2 Å². The Labute approximate surface area is 169 Å². The molecule has 0 bridgehead atoms. The molecule has 2 aromatic rings. The van der Waals surface area contributed by atoms with Gasteiger partial charge in [-0.15, -0.1) is 11.8 Å². The lowest BCUT2D eigenvalue weighted by Crippen LogP contribution is -2.48. The van der Waals surface area contributed by atoms with Crippen LogP contribution in [-0.4, -0.2) is 28.5 Å². The Balaban J connectivity index is 1.80. The van der Waals surface area contributed by atoms with Gasteiger partial charge in [0.25, 0.3) is 0 Å². The number of rotatable bonds is 6. The monoisotopic (exact) mass is 400 g/mol. The van der Waals surface area contributed by atoms with Crippen molar-refractivity contribution in [2.45, 2.75) is 44.1 Å². The molecule has 1 saturated heterocycles. The van der Waals surface area contributed by atoms with E-state index in [0.29, 0.717) is 24.2 Å². The van der Waals surface area contributed by atoms with E-state index in [-0.39, 0.29) is 29.0 Å². The lowest BCUT2D eigenvalue weighted by Gasteiger charge is -2.30. The number of amides is 2. The van der Waals surface area contributed by atoms with E-state index in [9.17, 15) is 14.0 Å². The van der Waals surface area contributed by atoms with E-state index in [1.165, 1.54) is 23.9 Å². The molecule has 6 heteroatoms. The molecule has 1 aliphatic heterocycles. The first-order chi connectivity index (χ1) is 13.5. The Morgan fingerprint density at radius 2 is 1.96 bits per heavy atom. The molecule has 1 fully saturated rings. The average Bonchev–Trinajstić information content (AvgIpc) is 3.14. The summed E-state index contributed by atoms with van der Waals surface area (Å²) in [5.74, 6) is -0.0997. The smallest absolute Gasteiger partial charge is 0.244 e. The predicted molar refractivity (Wildman–Crippen MR) is 110 cm³/mol. The van der Waals surface area contributed by atoms with Crippen LogP contribution >= 0.6 is 11.8 Å². The Hall–Kier alpha value is -2.34. The van der Waals surface area contributed by atoms with Crippen LogP contribution in [0.2, 0.25) is 0 Å². The Morgan fingerprint density at radius 1 is 1.21 bits per heavy atom. The quantitative estimate of drug-likeness (QED) is 0.780. The highest BCUT2D eigenvalue weighted by Gasteiger charge is 2.42. The molecular formula is C22H25FN2O2S. The van der Waals surface area contributed by atoms with Crippen molar-refractivity contribution in [2.75, 3.05) is 5.75 Å². The maximum absolute atomic E-state index is 13.7. The largest absolute Gasteiger partial charge is 0.348 e. The fourth-order valence-electron chi connectivity index (χ4n) is 3.41. The van der Waals surface area contributed by atoms with Crippen molar-refractivity contribution >= 4 is 23.6 Å². The minimum atomic E-state index is -0.566. The number of hydrogen-bond donors (Lipinski definition) is 1. The molecule has 2 aromatic carbocycles. The summed E-state index contributed by atoms with van der Waals surface area (Å²) in [5, 5.41) is 2.68. The zero-order valence-electron chi connectivity index (χ0n) is 16.1. The van der Waals surface area contributed by atoms with Gasteiger partial charge in [-0.3, -0.25) is 9.59 Å². The Morgan fingerprint density at radius 3 is 2.64 bits per heavy atom. The zero-order chi connectivity index (χ0) is 20.1. The van der Waals surface area contributed by atoms with Crippen LogP contribution < -0.4 is 5.32 Å². The lowest BCUT2D eigenvalue weighted by molar-refractivity contribution is -0.140. The molecule has 0 spiro atoms. The molecule has 28 heavy (non-hydrogen) atoms. The highest BCUT2D eigenvalue weighted by molar-refractivity contribution is 7.99. The molecule has 1 heterocycles. The SMILES string of the molecule is CCCC(=O)N1C(C(=O)NC(C)c2ccccc2)CSC1c1cccc(F)c1. The zero-order valence-corrected chi connectivity index (χ0v) is 16.9. The van der Waals surface area contributed by atoms with Crippen LogP contribution in [0.4, 0.5) is 4.39 Å². The number of carbonyl (C=O) groups is 2. The van der Waals surface area contributed by atoms with Crippen LogP contribution in [0.1, 0.15) is 49.2 Å². The third kappa shape index (κ3) is 4.55. The minimum Gasteiger partial charge on any atom is -0.348 e. The molecule has 4 nitrogen and oxygen atoms in total. The fourth-order valence-corrected chi connectivity index (χ4v) is 4.85. The van der Waals surface area contributed by atoms with E-state index in [0.717, 1.165) is 5.56 Å². The van der Waals surface area contributed by atoms with Gasteiger partial charge in [-0.1, -0.05) is 49.4 Å². The van der Waals surface area contributed by atoms with Crippen molar-refractivity contribution in [1.82, 2.24) is 10.2 Å². The van der Waals surface area contributed by atoms with Gasteiger partial charge in [0, 0.05) is 12.2 Å². The maximum Gasteiger partial charge on any atom is 0.244 e. The van der Waals surface area contributed by atoms with Crippen molar-refractivity contribution in [3.8, 4) is 0 Å². The minimum absolute atomic E-state index is 0.0747. The molecule has 3 unspecified atom stereocenters. The molecule has 148 valence electrons. The van der Waals surface area contributed by atoms with E-state index in [2.05, 4.69) is 5.32 Å². The second-order valence-electron chi connectivity index (χ2n) is 6.95. The molecule has 0 aliphatic carbocycles. The summed E-state index contributed by atoms with van der Waals surface area (Å²) in [5.41, 5.74) is 1.72. The van der Waals surface area contributed by atoms with Gasteiger partial charge in [0.2, 0.25) is 11.8 Å². The average molecular weight is 401 g/mol. The highest BCUT2D eigenvalue weighted by atomic mass is 32.2. The van der Waals surface area contributed by atoms with Crippen molar-refractivity contribution in [3.63, 3.8) is 0 Å². The highest BCUT2D eigenvalue weighted by Crippen LogP contribution is 2.42. The molecule has 3 atom stereocenters. The maximum atomic E-state index is 13.7. The second kappa shape index (κ2) is 9.24. The first-order valence-electron chi connectivity index (χ1n) is 9.54. The molecule has 1 aliphatic rings. The first kappa shape index (κ1) is 20.4. The van der Waals surface area contributed by atoms with Gasteiger partial charge in [-0.2, -0.15) is 0 Å². The summed E-state index contributed by atoms with van der Waals surface area (Å²) in [6, 6.07) is 15.3. The summed E-state index contributed by atoms with van der Waals surface area (Å²) in [6.45, 7) is 3.86. The van der Waals surface area contributed by atoms with Gasteiger partial charge in [0.1, 0.15) is 17.2 Å². The van der Waals surface area contributed by atoms with Gasteiger partial charge in [0.05, 0.1) is 6.04 Å². The normalized spacial score (nSPS) is 20.0. The van der Waals surface area contributed by atoms with Crippen LogP contribution in [0.25, 0.3) is 0 Å². The summed E-state index contributed by atoms with van der Waals surface area (Å²) in [6.07, 6.45) is 1.06. The third-order valence-corrected chi connectivity index (χ3v) is 6.17. The predicted octanol–water partition coefficient (Wildman–Crippen LogP) is 4.45. The topological polar surface area (TPSA) is 49.4 Å². The summed E-state index contributed by atoms with van der Waals surface area (Å²) >= 11 is 1.50. The third-order valence-electron chi connectivity index (χ3n) is 4.85. The summed E-state index contributed by atoms with van der Waals surface area (Å²) in [7, 11) is 0. The number of nitrogens with zero attached hydrogens (tertiary/aromatic N) is 1. The van der Waals surface area contributed by atoms with Crippen LogP contribution in [0.15, 0.2) is 54.6 Å². The van der Waals surface area contributed by atoms with E-state index in [4.69, 9.17) is 0 Å². The molecule has 0 saturated carbocycles. The number of hydrogen-bond acceptors (Lipinski definition) is 3. The first-order valence-corrected chi connectivity index (χ1v) is 10.6. The van der Waals surface area contributed by atoms with Gasteiger partial charge >= 0.3 is 0 Å². The van der Waals surface area contributed by atoms with E-state index in [1.54, 1.807) is 17.0 Å². The number of benzene rings is 2. The number of halogens is 1. The number of thioether (sulfide) groups is 1. The van der Waals surface area contributed by atoms with Crippen molar-refractivity contribution in [1.29, 1.82) is 0 Å². The van der Waals surface area contributed by atoms with E-state index < -0.39 is 6.04 Å². The van der Waals surface area contributed by atoms with Gasteiger partial charge in [0.15, 0.2) is 0 Å². The van der Waals surface area contributed by atoms with Crippen LogP contribution in [0, 0.1) is 5.82 Å². The van der Waals surface area contributed by atoms with Crippen molar-refractivity contribution < 1.29 is 14.0 Å². The molecular weight excluding hydrogens is 375 g/mol. The number of nitrogens with one attached hydrogen (secondary N) is 1. The van der Waals surface area contributed by atoms with E-state index >= 15 is 0 Å². The molecule has 3 rings (SSSR count). The molecule has 2 amide bonds. The fraction of sp³-hybridized carbons (Fsp3) is 0.364. The van der Waals surface area contributed by atoms with Crippen LogP contribution in [-0.2, 0) is 9.59 Å². The molecule has 0 radical (unpaired) electrons. The van der Waals surface area contributed by atoms with Crippen molar-refractivity contribution in [3.05, 3.63) is 71.5 Å². The van der Waals surface area contributed by atoms with Gasteiger partial charge in [-0.25, -0.2) is 4.39 Å². The lowest BCUT2D eigenvalue weighted by atomic mass is 10.1. The molecule has 0 aromatic heterocycles. The summed E-state index contributed by atoms with van der Waals surface area (Å²) in [4.78, 5) is 27.5. The Bertz CT molecular complexity index is 830. The van der Waals surface area contributed by atoms with Gasteiger partial charge in [-0.05, 0) is 36.6 Å². The Kier molecular flexibility index (Phi) is 6.73. The van der Waals surface area contributed by atoms with Crippen LogP contribution in [0.5, 0.6) is 0 Å².